The lowest BCUT2D eigenvalue weighted by atomic mass is 9.98. The van der Waals surface area contributed by atoms with Crippen molar-refractivity contribution in [1.82, 2.24) is 0 Å². The van der Waals surface area contributed by atoms with Crippen LogP contribution in [0.5, 0.6) is 0 Å². The van der Waals surface area contributed by atoms with Gasteiger partial charge in [0, 0.05) is 0 Å². The Morgan fingerprint density at radius 2 is 2.19 bits per heavy atom. The molecule has 84 valence electrons. The Morgan fingerprint density at radius 1 is 1.44 bits per heavy atom. The summed E-state index contributed by atoms with van der Waals surface area (Å²) >= 11 is 0. The first kappa shape index (κ1) is 10.7. The Hall–Kier alpha value is -1.84. The monoisotopic (exact) mass is 219 g/mol. The molecule has 0 spiro atoms. The number of hydrogen-bond acceptors (Lipinski definition) is 4. The average molecular weight is 219 g/mol. The maximum Gasteiger partial charge on any atom is 0.334 e. The van der Waals surface area contributed by atoms with E-state index in [1.165, 1.54) is 13.5 Å². The number of methoxy groups -OCH3 is 1. The minimum Gasteiger partial charge on any atom is -0.473 e. The van der Waals surface area contributed by atoms with Crippen molar-refractivity contribution < 1.29 is 14.3 Å². The Morgan fingerprint density at radius 3 is 2.88 bits per heavy atom. The molecule has 1 aromatic rings. The molecule has 4 heteroatoms. The molecule has 0 N–H and O–H groups in total. The van der Waals surface area contributed by atoms with Gasteiger partial charge in [-0.1, -0.05) is 24.3 Å². The standard InChI is InChI=1S/C12H13NO3/c1-8-5-3-4-6-9(8)11-10(12(14)15-2)13-7-16-11/h3-7,10-11H,1-2H3/t10-,11+/m1/s1. The van der Waals surface area contributed by atoms with E-state index in [0.717, 1.165) is 11.1 Å². The van der Waals surface area contributed by atoms with Crippen LogP contribution in [0.1, 0.15) is 17.2 Å². The highest BCUT2D eigenvalue weighted by atomic mass is 16.5. The fourth-order valence-electron chi connectivity index (χ4n) is 1.77. The highest BCUT2D eigenvalue weighted by Crippen LogP contribution is 2.29. The van der Waals surface area contributed by atoms with Gasteiger partial charge in [-0.05, 0) is 18.1 Å². The second-order valence-electron chi connectivity index (χ2n) is 3.64. The van der Waals surface area contributed by atoms with Crippen LogP contribution in [0.15, 0.2) is 29.3 Å². The molecule has 0 saturated carbocycles. The first-order valence-electron chi connectivity index (χ1n) is 5.04. The molecule has 1 aliphatic rings. The second kappa shape index (κ2) is 4.35. The molecule has 0 bridgehead atoms. The van der Waals surface area contributed by atoms with Crippen molar-refractivity contribution in [2.24, 2.45) is 4.99 Å². The van der Waals surface area contributed by atoms with Crippen molar-refractivity contribution in [3.8, 4) is 0 Å². The van der Waals surface area contributed by atoms with Crippen molar-refractivity contribution in [2.45, 2.75) is 19.1 Å². The van der Waals surface area contributed by atoms with Crippen molar-refractivity contribution in [1.29, 1.82) is 0 Å². The molecule has 0 amide bonds. The summed E-state index contributed by atoms with van der Waals surface area (Å²) < 4.78 is 10.1. The van der Waals surface area contributed by atoms with Crippen LogP contribution in [0.2, 0.25) is 0 Å². The van der Waals surface area contributed by atoms with Crippen LogP contribution in [-0.2, 0) is 14.3 Å². The van der Waals surface area contributed by atoms with E-state index in [-0.39, 0.29) is 12.1 Å². The quantitative estimate of drug-likeness (QED) is 0.710. The molecular weight excluding hydrogens is 206 g/mol. The van der Waals surface area contributed by atoms with Gasteiger partial charge in [0.15, 0.2) is 18.5 Å². The average Bonchev–Trinajstić information content (AvgIpc) is 2.77. The van der Waals surface area contributed by atoms with Gasteiger partial charge in [-0.15, -0.1) is 0 Å². The second-order valence-corrected chi connectivity index (χ2v) is 3.64. The topological polar surface area (TPSA) is 47.9 Å². The number of aliphatic imine (C=N–C) groups is 1. The predicted octanol–water partition coefficient (Wildman–Crippen LogP) is 1.64. The molecule has 0 aliphatic carbocycles. The maximum atomic E-state index is 11.5. The van der Waals surface area contributed by atoms with Gasteiger partial charge < -0.3 is 9.47 Å². The fraction of sp³-hybridized carbons (Fsp3) is 0.333. The number of carbonyl (C=O) groups excluding carboxylic acids is 1. The largest absolute Gasteiger partial charge is 0.473 e. The van der Waals surface area contributed by atoms with Gasteiger partial charge in [0.05, 0.1) is 7.11 Å². The minimum absolute atomic E-state index is 0.367. The van der Waals surface area contributed by atoms with E-state index < -0.39 is 6.04 Å². The van der Waals surface area contributed by atoms with Crippen molar-refractivity contribution in [2.75, 3.05) is 7.11 Å². The van der Waals surface area contributed by atoms with E-state index in [4.69, 9.17) is 9.47 Å². The number of benzene rings is 1. The highest BCUT2D eigenvalue weighted by molar-refractivity contribution is 5.80. The number of carbonyl (C=O) groups is 1. The third kappa shape index (κ3) is 1.78. The molecule has 1 aromatic carbocycles. The van der Waals surface area contributed by atoms with E-state index in [1.54, 1.807) is 0 Å². The van der Waals surface area contributed by atoms with Crippen LogP contribution < -0.4 is 0 Å². The van der Waals surface area contributed by atoms with Gasteiger partial charge in [0.25, 0.3) is 0 Å². The predicted molar refractivity (Wildman–Crippen MR) is 59.3 cm³/mol. The molecule has 4 nitrogen and oxygen atoms in total. The zero-order valence-electron chi connectivity index (χ0n) is 9.21. The van der Waals surface area contributed by atoms with Gasteiger partial charge in [-0.3, -0.25) is 0 Å². The van der Waals surface area contributed by atoms with Crippen LogP contribution in [-0.4, -0.2) is 25.5 Å². The molecule has 1 aliphatic heterocycles. The van der Waals surface area contributed by atoms with E-state index >= 15 is 0 Å². The molecule has 0 aromatic heterocycles. The van der Waals surface area contributed by atoms with Crippen LogP contribution in [0.4, 0.5) is 0 Å². The molecule has 0 saturated heterocycles. The van der Waals surface area contributed by atoms with Crippen LogP contribution in [0, 0.1) is 6.92 Å². The molecule has 1 heterocycles. The summed E-state index contributed by atoms with van der Waals surface area (Å²) in [5.74, 6) is -0.373. The maximum absolute atomic E-state index is 11.5. The Balaban J connectivity index is 2.28. The number of esters is 1. The van der Waals surface area contributed by atoms with E-state index in [9.17, 15) is 4.79 Å². The van der Waals surface area contributed by atoms with E-state index in [1.807, 2.05) is 31.2 Å². The third-order valence-electron chi connectivity index (χ3n) is 2.65. The summed E-state index contributed by atoms with van der Waals surface area (Å²) in [4.78, 5) is 15.5. The number of nitrogens with zero attached hydrogens (tertiary/aromatic N) is 1. The lowest BCUT2D eigenvalue weighted by molar-refractivity contribution is -0.143. The summed E-state index contributed by atoms with van der Waals surface area (Å²) in [5.41, 5.74) is 2.04. The van der Waals surface area contributed by atoms with Gasteiger partial charge in [0.2, 0.25) is 0 Å². The number of ether oxygens (including phenoxy) is 2. The number of rotatable bonds is 2. The van der Waals surface area contributed by atoms with Gasteiger partial charge in [-0.25, -0.2) is 9.79 Å². The first-order chi connectivity index (χ1) is 7.74. The van der Waals surface area contributed by atoms with Gasteiger partial charge >= 0.3 is 5.97 Å². The molecule has 0 unspecified atom stereocenters. The van der Waals surface area contributed by atoms with Crippen molar-refractivity contribution in [3.05, 3.63) is 35.4 Å². The lowest BCUT2D eigenvalue weighted by Gasteiger charge is -2.17. The molecule has 0 radical (unpaired) electrons. The summed E-state index contributed by atoms with van der Waals surface area (Å²) in [7, 11) is 1.35. The summed E-state index contributed by atoms with van der Waals surface area (Å²) in [6, 6.07) is 7.18. The zero-order valence-corrected chi connectivity index (χ0v) is 9.21. The molecule has 2 atom stereocenters. The summed E-state index contributed by atoms with van der Waals surface area (Å²) in [6.07, 6.45) is 0.951. The summed E-state index contributed by atoms with van der Waals surface area (Å²) in [5, 5.41) is 0. The Labute approximate surface area is 93.9 Å². The zero-order chi connectivity index (χ0) is 11.5. The third-order valence-corrected chi connectivity index (χ3v) is 2.65. The van der Waals surface area contributed by atoms with Gasteiger partial charge in [-0.2, -0.15) is 0 Å². The normalized spacial score (nSPS) is 22.9. The van der Waals surface area contributed by atoms with Crippen molar-refractivity contribution in [3.63, 3.8) is 0 Å². The van der Waals surface area contributed by atoms with Crippen LogP contribution in [0.25, 0.3) is 0 Å². The smallest absolute Gasteiger partial charge is 0.334 e. The molecule has 0 fully saturated rings. The fourth-order valence-corrected chi connectivity index (χ4v) is 1.77. The molecule has 16 heavy (non-hydrogen) atoms. The highest BCUT2D eigenvalue weighted by Gasteiger charge is 2.35. The molecular formula is C12H13NO3. The minimum atomic E-state index is -0.592. The first-order valence-corrected chi connectivity index (χ1v) is 5.04. The Kier molecular flexibility index (Phi) is 2.90. The SMILES string of the molecule is COC(=O)[C@@H]1N=CO[C@H]1c1ccccc1C. The lowest BCUT2D eigenvalue weighted by Crippen LogP contribution is -2.25. The van der Waals surface area contributed by atoms with E-state index in [2.05, 4.69) is 4.99 Å². The van der Waals surface area contributed by atoms with E-state index in [0.29, 0.717) is 0 Å². The van der Waals surface area contributed by atoms with Crippen LogP contribution in [0.3, 0.4) is 0 Å². The Bertz CT molecular complexity index is 428. The number of aryl methyl sites for hydroxylation is 1. The molecule has 2 rings (SSSR count). The number of hydrogen-bond donors (Lipinski definition) is 0. The van der Waals surface area contributed by atoms with Crippen molar-refractivity contribution >= 4 is 12.4 Å². The van der Waals surface area contributed by atoms with Crippen LogP contribution >= 0.6 is 0 Å². The summed E-state index contributed by atoms with van der Waals surface area (Å²) in [6.45, 7) is 1.98. The van der Waals surface area contributed by atoms with Gasteiger partial charge in [0.1, 0.15) is 0 Å².